The first-order valence-corrected chi connectivity index (χ1v) is 5.72. The van der Waals surface area contributed by atoms with Crippen molar-refractivity contribution in [2.75, 3.05) is 6.61 Å². The van der Waals surface area contributed by atoms with E-state index < -0.39 is 11.7 Å². The van der Waals surface area contributed by atoms with Gasteiger partial charge in [0, 0.05) is 6.20 Å². The Balaban J connectivity index is 1.94. The number of para-hydroxylation sites is 1. The van der Waals surface area contributed by atoms with Crippen LogP contribution in [0.15, 0.2) is 36.7 Å². The smallest absolute Gasteiger partial charge is 0.419 e. The first kappa shape index (κ1) is 13.9. The molecule has 0 fully saturated rings. The molecule has 1 heterocycles. The summed E-state index contributed by atoms with van der Waals surface area (Å²) in [6, 6.07) is 8.62. The Kier molecular flexibility index (Phi) is 3.94. The van der Waals surface area contributed by atoms with Gasteiger partial charge in [-0.3, -0.25) is 4.68 Å². The highest BCUT2D eigenvalue weighted by Gasteiger charge is 2.32. The molecule has 104 valence electrons. The fraction of sp³-hybridized carbons (Fsp3) is 0.231. The predicted molar refractivity (Wildman–Crippen MR) is 63.9 cm³/mol. The molecule has 0 radical (unpaired) electrons. The van der Waals surface area contributed by atoms with Crippen molar-refractivity contribution in [3.63, 3.8) is 0 Å². The molecule has 0 bridgehead atoms. The van der Waals surface area contributed by atoms with Crippen molar-refractivity contribution in [3.8, 4) is 11.8 Å². The van der Waals surface area contributed by atoms with E-state index in [0.29, 0.717) is 11.3 Å². The molecule has 0 aliphatic carbocycles. The molecule has 1 aromatic carbocycles. The third-order valence-corrected chi connectivity index (χ3v) is 2.55. The molecular formula is C13H10F3N3O. The number of nitrogens with zero attached hydrogens (tertiary/aromatic N) is 3. The van der Waals surface area contributed by atoms with Gasteiger partial charge in [-0.25, -0.2) is 0 Å². The van der Waals surface area contributed by atoms with Crippen molar-refractivity contribution in [2.45, 2.75) is 12.7 Å². The molecule has 0 amide bonds. The van der Waals surface area contributed by atoms with E-state index in [9.17, 15) is 13.2 Å². The Morgan fingerprint density at radius 2 is 2.05 bits per heavy atom. The molecule has 0 saturated heterocycles. The van der Waals surface area contributed by atoms with Crippen molar-refractivity contribution in [3.05, 3.63) is 47.8 Å². The van der Waals surface area contributed by atoms with Gasteiger partial charge in [-0.2, -0.15) is 23.5 Å². The molecule has 1 aromatic heterocycles. The van der Waals surface area contributed by atoms with Crippen molar-refractivity contribution in [1.82, 2.24) is 9.78 Å². The normalized spacial score (nSPS) is 11.1. The summed E-state index contributed by atoms with van der Waals surface area (Å²) in [4.78, 5) is 0. The summed E-state index contributed by atoms with van der Waals surface area (Å²) in [6.07, 6.45) is -2.71. The summed E-state index contributed by atoms with van der Waals surface area (Å²) in [6.45, 7) is 0.285. The minimum Gasteiger partial charge on any atom is -0.490 e. The number of nitriles is 1. The molecule has 20 heavy (non-hydrogen) atoms. The van der Waals surface area contributed by atoms with Crippen LogP contribution in [0.25, 0.3) is 0 Å². The minimum atomic E-state index is -4.40. The fourth-order valence-corrected chi connectivity index (χ4v) is 1.57. The van der Waals surface area contributed by atoms with Crippen LogP contribution in [0.3, 0.4) is 0 Å². The molecule has 0 saturated carbocycles. The standard InChI is InChI=1S/C13H10F3N3O/c14-13(15,16)11-8-18-19(9-11)5-6-20-12-4-2-1-3-10(12)7-17/h1-4,8-9H,5-6H2. The van der Waals surface area contributed by atoms with Gasteiger partial charge in [-0.15, -0.1) is 0 Å². The van der Waals surface area contributed by atoms with Crippen molar-refractivity contribution < 1.29 is 17.9 Å². The quantitative estimate of drug-likeness (QED) is 0.865. The number of aromatic nitrogens is 2. The number of rotatable bonds is 4. The fourth-order valence-electron chi connectivity index (χ4n) is 1.57. The molecule has 2 rings (SSSR count). The molecular weight excluding hydrogens is 271 g/mol. The van der Waals surface area contributed by atoms with Crippen LogP contribution in [0.2, 0.25) is 0 Å². The molecule has 2 aromatic rings. The van der Waals surface area contributed by atoms with Gasteiger partial charge in [-0.05, 0) is 12.1 Å². The number of hydrogen-bond acceptors (Lipinski definition) is 3. The SMILES string of the molecule is N#Cc1ccccc1OCCn1cc(C(F)(F)F)cn1. The Morgan fingerprint density at radius 3 is 2.70 bits per heavy atom. The minimum absolute atomic E-state index is 0.123. The second-order valence-corrected chi connectivity index (χ2v) is 3.95. The summed E-state index contributed by atoms with van der Waals surface area (Å²) in [7, 11) is 0. The second kappa shape index (κ2) is 5.65. The van der Waals surface area contributed by atoms with Crippen molar-refractivity contribution in [1.29, 1.82) is 5.26 Å². The van der Waals surface area contributed by atoms with Gasteiger partial charge in [0.05, 0.1) is 23.9 Å². The zero-order chi connectivity index (χ0) is 14.6. The second-order valence-electron chi connectivity index (χ2n) is 3.95. The molecule has 0 atom stereocenters. The van der Waals surface area contributed by atoms with Gasteiger partial charge in [0.1, 0.15) is 18.4 Å². The van der Waals surface area contributed by atoms with Gasteiger partial charge >= 0.3 is 6.18 Å². The number of ether oxygens (including phenoxy) is 1. The maximum Gasteiger partial charge on any atom is 0.419 e. The summed E-state index contributed by atoms with van der Waals surface area (Å²) in [5.41, 5.74) is -0.418. The topological polar surface area (TPSA) is 50.8 Å². The predicted octanol–water partition coefficient (Wildman–Crippen LogP) is 2.85. The van der Waals surface area contributed by atoms with E-state index in [-0.39, 0.29) is 13.2 Å². The molecule has 7 heteroatoms. The largest absolute Gasteiger partial charge is 0.490 e. The first-order chi connectivity index (χ1) is 9.50. The molecule has 0 spiro atoms. The zero-order valence-corrected chi connectivity index (χ0v) is 10.3. The lowest BCUT2D eigenvalue weighted by Gasteiger charge is -2.07. The van der Waals surface area contributed by atoms with E-state index in [0.717, 1.165) is 17.1 Å². The van der Waals surface area contributed by atoms with E-state index >= 15 is 0 Å². The monoisotopic (exact) mass is 281 g/mol. The van der Waals surface area contributed by atoms with Crippen LogP contribution < -0.4 is 4.74 Å². The Hall–Kier alpha value is -2.49. The van der Waals surface area contributed by atoms with Crippen LogP contribution in [0.4, 0.5) is 13.2 Å². The lowest BCUT2D eigenvalue weighted by molar-refractivity contribution is -0.137. The maximum atomic E-state index is 12.4. The molecule has 0 aliphatic rings. The summed E-state index contributed by atoms with van der Waals surface area (Å²) in [5, 5.41) is 12.5. The summed E-state index contributed by atoms with van der Waals surface area (Å²) >= 11 is 0. The van der Waals surface area contributed by atoms with Crippen LogP contribution in [0.1, 0.15) is 11.1 Å². The van der Waals surface area contributed by atoms with Crippen LogP contribution in [0.5, 0.6) is 5.75 Å². The highest BCUT2D eigenvalue weighted by molar-refractivity contribution is 5.42. The highest BCUT2D eigenvalue weighted by atomic mass is 19.4. The number of alkyl halides is 3. The Morgan fingerprint density at radius 1 is 1.30 bits per heavy atom. The first-order valence-electron chi connectivity index (χ1n) is 5.72. The van der Waals surface area contributed by atoms with Gasteiger partial charge in [0.25, 0.3) is 0 Å². The zero-order valence-electron chi connectivity index (χ0n) is 10.3. The highest BCUT2D eigenvalue weighted by Crippen LogP contribution is 2.28. The van der Waals surface area contributed by atoms with Crippen LogP contribution in [0, 0.1) is 11.3 Å². The number of hydrogen-bond donors (Lipinski definition) is 0. The van der Waals surface area contributed by atoms with Crippen molar-refractivity contribution >= 4 is 0 Å². The molecule has 4 nitrogen and oxygen atoms in total. The van der Waals surface area contributed by atoms with Crippen LogP contribution >= 0.6 is 0 Å². The van der Waals surface area contributed by atoms with E-state index in [1.165, 1.54) is 0 Å². The molecule has 0 aliphatic heterocycles. The average Bonchev–Trinajstić information content (AvgIpc) is 2.88. The van der Waals surface area contributed by atoms with Crippen LogP contribution in [-0.4, -0.2) is 16.4 Å². The van der Waals surface area contributed by atoms with Crippen LogP contribution in [-0.2, 0) is 12.7 Å². The Bertz CT molecular complexity index is 628. The van der Waals surface area contributed by atoms with Gasteiger partial charge in [0.15, 0.2) is 0 Å². The molecule has 0 N–H and O–H groups in total. The summed E-state index contributed by atoms with van der Waals surface area (Å²) in [5.74, 6) is 0.401. The lowest BCUT2D eigenvalue weighted by Crippen LogP contribution is -2.09. The third-order valence-electron chi connectivity index (χ3n) is 2.55. The maximum absolute atomic E-state index is 12.4. The lowest BCUT2D eigenvalue weighted by atomic mass is 10.2. The number of benzene rings is 1. The molecule has 0 unspecified atom stereocenters. The average molecular weight is 281 g/mol. The van der Waals surface area contributed by atoms with Crippen molar-refractivity contribution in [2.24, 2.45) is 0 Å². The van der Waals surface area contributed by atoms with E-state index in [1.54, 1.807) is 24.3 Å². The van der Waals surface area contributed by atoms with E-state index in [1.807, 2.05) is 6.07 Å². The van der Waals surface area contributed by atoms with Gasteiger partial charge < -0.3 is 4.74 Å². The Labute approximate surface area is 113 Å². The van der Waals surface area contributed by atoms with E-state index in [4.69, 9.17) is 10.00 Å². The number of halogens is 3. The van der Waals surface area contributed by atoms with Gasteiger partial charge in [-0.1, -0.05) is 12.1 Å². The van der Waals surface area contributed by atoms with Gasteiger partial charge in [0.2, 0.25) is 0 Å². The van der Waals surface area contributed by atoms with E-state index in [2.05, 4.69) is 5.10 Å². The third kappa shape index (κ3) is 3.29. The summed E-state index contributed by atoms with van der Waals surface area (Å²) < 4.78 is 43.6.